The molecule has 0 bridgehead atoms. The van der Waals surface area contributed by atoms with Crippen molar-refractivity contribution in [2.45, 2.75) is 0 Å². The fourth-order valence-corrected chi connectivity index (χ4v) is 1.35. The maximum atomic E-state index is 11.2. The second kappa shape index (κ2) is 3.49. The predicted molar refractivity (Wildman–Crippen MR) is 52.2 cm³/mol. The van der Waals surface area contributed by atoms with Gasteiger partial charge in [0, 0.05) is 18.1 Å². The van der Waals surface area contributed by atoms with Crippen LogP contribution in [0.1, 0.15) is 10.4 Å². The zero-order valence-corrected chi connectivity index (χ0v) is 7.75. The molecule has 1 N–H and O–H groups in total. The Kier molecular flexibility index (Phi) is 2.17. The molecule has 0 atom stereocenters. The summed E-state index contributed by atoms with van der Waals surface area (Å²) in [6.45, 7) is 0. The van der Waals surface area contributed by atoms with Crippen LogP contribution in [0.3, 0.4) is 0 Å². The molecule has 2 aromatic rings. The van der Waals surface area contributed by atoms with Crippen LogP contribution in [-0.2, 0) is 0 Å². The smallest absolute Gasteiger partial charge is 0.335 e. The molecule has 2 rings (SSSR count). The highest BCUT2D eigenvalue weighted by Gasteiger charge is 2.05. The van der Waals surface area contributed by atoms with E-state index in [-0.39, 0.29) is 5.56 Å². The molecule has 15 heavy (non-hydrogen) atoms. The van der Waals surface area contributed by atoms with Crippen molar-refractivity contribution in [2.24, 2.45) is 0 Å². The summed E-state index contributed by atoms with van der Waals surface area (Å²) in [6, 6.07) is 7.87. The van der Waals surface area contributed by atoms with Crippen LogP contribution in [-0.4, -0.2) is 15.6 Å². The van der Waals surface area contributed by atoms with Crippen molar-refractivity contribution in [1.29, 1.82) is 0 Å². The van der Waals surface area contributed by atoms with E-state index in [1.54, 1.807) is 23.0 Å². The van der Waals surface area contributed by atoms with Crippen molar-refractivity contribution in [3.63, 3.8) is 0 Å². The maximum absolute atomic E-state index is 11.2. The third-order valence-electron chi connectivity index (χ3n) is 2.10. The largest absolute Gasteiger partial charge is 0.872 e. The van der Waals surface area contributed by atoms with Crippen molar-refractivity contribution < 1.29 is 15.0 Å². The third kappa shape index (κ3) is 1.69. The number of carbonyl (C=O) groups is 1. The van der Waals surface area contributed by atoms with E-state index in [1.807, 2.05) is 12.1 Å². The van der Waals surface area contributed by atoms with E-state index in [0.717, 1.165) is 0 Å². The van der Waals surface area contributed by atoms with Crippen LogP contribution in [0.15, 0.2) is 42.7 Å². The molecule has 1 heterocycles. The summed E-state index contributed by atoms with van der Waals surface area (Å²) in [4.78, 5) is 10.7. The molecular formula is C11H8NO3-. The van der Waals surface area contributed by atoms with Gasteiger partial charge in [-0.2, -0.15) is 0 Å². The Bertz CT molecular complexity index is 489. The molecule has 0 unspecified atom stereocenters. The maximum Gasteiger partial charge on any atom is 0.335 e. The van der Waals surface area contributed by atoms with Crippen LogP contribution in [0.25, 0.3) is 5.69 Å². The topological polar surface area (TPSA) is 65.3 Å². The Balaban J connectivity index is 2.52. The molecule has 0 saturated carbocycles. The van der Waals surface area contributed by atoms with Crippen LogP contribution in [0, 0.1) is 0 Å². The van der Waals surface area contributed by atoms with E-state index < -0.39 is 11.7 Å². The Labute approximate surface area is 86.0 Å². The summed E-state index contributed by atoms with van der Waals surface area (Å²) in [7, 11) is 0. The third-order valence-corrected chi connectivity index (χ3v) is 2.10. The average Bonchev–Trinajstić information content (AvgIpc) is 2.71. The van der Waals surface area contributed by atoms with E-state index in [1.165, 1.54) is 12.1 Å². The van der Waals surface area contributed by atoms with E-state index in [2.05, 4.69) is 0 Å². The molecule has 4 heteroatoms. The van der Waals surface area contributed by atoms with E-state index in [0.29, 0.717) is 5.69 Å². The van der Waals surface area contributed by atoms with Gasteiger partial charge < -0.3 is 14.8 Å². The molecule has 76 valence electrons. The number of hydrogen-bond acceptors (Lipinski definition) is 2. The summed E-state index contributed by atoms with van der Waals surface area (Å²) in [6.07, 6.45) is 3.57. The number of carboxylic acids is 1. The van der Waals surface area contributed by atoms with Gasteiger partial charge >= 0.3 is 5.97 Å². The summed E-state index contributed by atoms with van der Waals surface area (Å²) in [5.41, 5.74) is 0.457. The van der Waals surface area contributed by atoms with Crippen LogP contribution < -0.4 is 5.11 Å². The molecule has 1 aromatic carbocycles. The van der Waals surface area contributed by atoms with Crippen molar-refractivity contribution in [2.75, 3.05) is 0 Å². The summed E-state index contributed by atoms with van der Waals surface area (Å²) in [5, 5.41) is 20.0. The lowest BCUT2D eigenvalue weighted by atomic mass is 10.2. The number of aromatic carboxylic acids is 1. The van der Waals surface area contributed by atoms with Gasteiger partial charge in [0.1, 0.15) is 0 Å². The fourth-order valence-electron chi connectivity index (χ4n) is 1.35. The van der Waals surface area contributed by atoms with Crippen LogP contribution >= 0.6 is 0 Å². The first kappa shape index (κ1) is 9.33. The van der Waals surface area contributed by atoms with Crippen molar-refractivity contribution >= 4 is 5.97 Å². The first-order valence-corrected chi connectivity index (χ1v) is 4.36. The van der Waals surface area contributed by atoms with E-state index >= 15 is 0 Å². The number of nitrogens with zero attached hydrogens (tertiary/aromatic N) is 1. The van der Waals surface area contributed by atoms with Gasteiger partial charge in [-0.25, -0.2) is 4.79 Å². The number of rotatable bonds is 2. The lowest BCUT2D eigenvalue weighted by Crippen LogP contribution is -2.05. The molecule has 0 fully saturated rings. The van der Waals surface area contributed by atoms with Gasteiger partial charge in [-0.15, -0.1) is 0 Å². The summed E-state index contributed by atoms with van der Waals surface area (Å²) < 4.78 is 1.74. The lowest BCUT2D eigenvalue weighted by molar-refractivity contribution is -0.268. The van der Waals surface area contributed by atoms with Gasteiger partial charge in [0.05, 0.1) is 5.56 Å². The first-order chi connectivity index (χ1) is 7.18. The second-order valence-corrected chi connectivity index (χ2v) is 3.08. The predicted octanol–water partition coefficient (Wildman–Crippen LogP) is 1.25. The summed E-state index contributed by atoms with van der Waals surface area (Å²) in [5.74, 6) is -1.67. The van der Waals surface area contributed by atoms with Crippen LogP contribution in [0.2, 0.25) is 0 Å². The minimum Gasteiger partial charge on any atom is -0.872 e. The van der Waals surface area contributed by atoms with Gasteiger partial charge in [-0.05, 0) is 24.3 Å². The zero-order valence-electron chi connectivity index (χ0n) is 7.75. The van der Waals surface area contributed by atoms with Crippen LogP contribution in [0.5, 0.6) is 5.75 Å². The highest BCUT2D eigenvalue weighted by molar-refractivity contribution is 5.91. The number of benzene rings is 1. The highest BCUT2D eigenvalue weighted by Crippen LogP contribution is 2.18. The van der Waals surface area contributed by atoms with Crippen molar-refractivity contribution in [1.82, 2.24) is 4.57 Å². The number of aromatic nitrogens is 1. The monoisotopic (exact) mass is 202 g/mol. The molecule has 0 spiro atoms. The molecule has 0 radical (unpaired) electrons. The summed E-state index contributed by atoms with van der Waals surface area (Å²) >= 11 is 0. The Morgan fingerprint density at radius 1 is 1.27 bits per heavy atom. The first-order valence-electron chi connectivity index (χ1n) is 4.36. The Hall–Kier alpha value is -2.23. The molecule has 4 nitrogen and oxygen atoms in total. The van der Waals surface area contributed by atoms with Crippen molar-refractivity contribution in [3.05, 3.63) is 48.3 Å². The van der Waals surface area contributed by atoms with Gasteiger partial charge in [0.25, 0.3) is 0 Å². The minimum atomic E-state index is -1.20. The van der Waals surface area contributed by atoms with Crippen LogP contribution in [0.4, 0.5) is 0 Å². The minimum absolute atomic E-state index is 0.207. The second-order valence-electron chi connectivity index (χ2n) is 3.08. The molecular weight excluding hydrogens is 194 g/mol. The Morgan fingerprint density at radius 2 is 1.93 bits per heavy atom. The number of carboxylic acid groups (broad SMARTS) is 1. The number of hydrogen-bond donors (Lipinski definition) is 1. The molecule has 0 aliphatic rings. The van der Waals surface area contributed by atoms with E-state index in [9.17, 15) is 9.90 Å². The standard InChI is InChI=1S/C11H9NO3/c13-10-4-3-8(7-9(10)11(14)15)12-5-1-2-6-12/h1-7,13H,(H,14,15)/p-1. The van der Waals surface area contributed by atoms with Gasteiger partial charge in [-0.1, -0.05) is 11.8 Å². The molecule has 0 aliphatic heterocycles. The quantitative estimate of drug-likeness (QED) is 0.796. The molecule has 0 saturated heterocycles. The fraction of sp³-hybridized carbons (Fsp3) is 0. The van der Waals surface area contributed by atoms with Gasteiger partial charge in [0.2, 0.25) is 0 Å². The lowest BCUT2D eigenvalue weighted by Gasteiger charge is -2.12. The average molecular weight is 202 g/mol. The SMILES string of the molecule is O=C(O)c1cc(-n2cccc2)ccc1[O-]. The van der Waals surface area contributed by atoms with Gasteiger partial charge in [-0.3, -0.25) is 0 Å². The molecule has 1 aromatic heterocycles. The van der Waals surface area contributed by atoms with Crippen molar-refractivity contribution in [3.8, 4) is 11.4 Å². The normalized spacial score (nSPS) is 10.1. The zero-order chi connectivity index (χ0) is 10.8. The van der Waals surface area contributed by atoms with Gasteiger partial charge in [0.15, 0.2) is 0 Å². The Morgan fingerprint density at radius 3 is 2.53 bits per heavy atom. The van der Waals surface area contributed by atoms with E-state index in [4.69, 9.17) is 5.11 Å². The molecule has 0 aliphatic carbocycles. The molecule has 0 amide bonds. The highest BCUT2D eigenvalue weighted by atomic mass is 16.4.